The van der Waals surface area contributed by atoms with Gasteiger partial charge in [0.1, 0.15) is 5.75 Å². The second-order valence-corrected chi connectivity index (χ2v) is 8.47. The van der Waals surface area contributed by atoms with Crippen LogP contribution in [0.15, 0.2) is 84.1 Å². The Hall–Kier alpha value is -4.26. The quantitative estimate of drug-likeness (QED) is 0.442. The summed E-state index contributed by atoms with van der Waals surface area (Å²) in [5.41, 5.74) is 2.60. The molecule has 1 aliphatic heterocycles. The lowest BCUT2D eigenvalue weighted by atomic mass is 9.93. The van der Waals surface area contributed by atoms with Gasteiger partial charge < -0.3 is 24.2 Å². The molecule has 0 saturated carbocycles. The van der Waals surface area contributed by atoms with Gasteiger partial charge in [0.25, 0.3) is 5.91 Å². The SMILES string of the molecule is COc1ccc(C2C(C(=O)CCc3ccccc3)=C(O)C(=O)N2Cc2ccc(OC)c(OC)c2)cc1. The molecule has 1 aliphatic rings. The molecule has 0 radical (unpaired) electrons. The molecule has 1 N–H and O–H groups in total. The van der Waals surface area contributed by atoms with Crippen LogP contribution in [0.5, 0.6) is 17.2 Å². The van der Waals surface area contributed by atoms with E-state index < -0.39 is 17.7 Å². The van der Waals surface area contributed by atoms with Crippen molar-refractivity contribution in [2.75, 3.05) is 21.3 Å². The van der Waals surface area contributed by atoms with Gasteiger partial charge in [-0.25, -0.2) is 0 Å². The van der Waals surface area contributed by atoms with E-state index >= 15 is 0 Å². The number of hydrogen-bond donors (Lipinski definition) is 1. The molecule has 7 nitrogen and oxygen atoms in total. The van der Waals surface area contributed by atoms with E-state index in [4.69, 9.17) is 14.2 Å². The molecule has 1 heterocycles. The minimum Gasteiger partial charge on any atom is -0.503 e. The van der Waals surface area contributed by atoms with Gasteiger partial charge in [-0.1, -0.05) is 48.5 Å². The van der Waals surface area contributed by atoms with E-state index in [-0.39, 0.29) is 24.3 Å². The molecular weight excluding hydrogens is 458 g/mol. The number of aliphatic hydroxyl groups is 1. The van der Waals surface area contributed by atoms with E-state index in [2.05, 4.69) is 0 Å². The monoisotopic (exact) mass is 487 g/mol. The fraction of sp³-hybridized carbons (Fsp3) is 0.241. The Morgan fingerprint density at radius 3 is 2.19 bits per heavy atom. The van der Waals surface area contributed by atoms with Crippen LogP contribution in [-0.4, -0.2) is 43.0 Å². The summed E-state index contributed by atoms with van der Waals surface area (Å²) in [7, 11) is 4.66. The van der Waals surface area contributed by atoms with Crippen LogP contribution in [0.2, 0.25) is 0 Å². The van der Waals surface area contributed by atoms with Crippen LogP contribution in [0.1, 0.15) is 29.2 Å². The lowest BCUT2D eigenvalue weighted by Crippen LogP contribution is -2.30. The minimum absolute atomic E-state index is 0.113. The molecule has 0 spiro atoms. The average molecular weight is 488 g/mol. The molecule has 0 bridgehead atoms. The van der Waals surface area contributed by atoms with Gasteiger partial charge in [-0.3, -0.25) is 9.59 Å². The molecule has 0 aromatic heterocycles. The Kier molecular flexibility index (Phi) is 7.59. The standard InChI is InChI=1S/C29H29NO6/c1-34-22-13-11-21(12-14-22)27-26(23(31)15-9-19-7-5-4-6-8-19)28(32)29(33)30(27)18-20-10-16-24(35-2)25(17-20)36-3/h4-8,10-14,16-17,27,32H,9,15,18H2,1-3H3. The van der Waals surface area contributed by atoms with Crippen molar-refractivity contribution in [1.29, 1.82) is 0 Å². The second-order valence-electron chi connectivity index (χ2n) is 8.47. The molecule has 0 aliphatic carbocycles. The van der Waals surface area contributed by atoms with Gasteiger partial charge in [0.15, 0.2) is 23.0 Å². The van der Waals surface area contributed by atoms with Crippen molar-refractivity contribution in [2.45, 2.75) is 25.4 Å². The van der Waals surface area contributed by atoms with Gasteiger partial charge in [-0.2, -0.15) is 0 Å². The highest BCUT2D eigenvalue weighted by atomic mass is 16.5. The first kappa shape index (κ1) is 24.9. The van der Waals surface area contributed by atoms with Crippen molar-refractivity contribution in [3.63, 3.8) is 0 Å². The molecule has 0 saturated heterocycles. The van der Waals surface area contributed by atoms with Crippen molar-refractivity contribution in [3.05, 3.63) is 101 Å². The zero-order valence-corrected chi connectivity index (χ0v) is 20.6. The number of rotatable bonds is 10. The normalized spacial score (nSPS) is 15.2. The van der Waals surface area contributed by atoms with Gasteiger partial charge in [0.2, 0.25) is 0 Å². The van der Waals surface area contributed by atoms with Crippen molar-refractivity contribution < 1.29 is 28.9 Å². The summed E-state index contributed by atoms with van der Waals surface area (Å²) in [6.07, 6.45) is 0.684. The van der Waals surface area contributed by atoms with E-state index in [0.29, 0.717) is 29.2 Å². The Labute approximate surface area is 210 Å². The fourth-order valence-electron chi connectivity index (χ4n) is 4.45. The van der Waals surface area contributed by atoms with E-state index in [1.165, 1.54) is 4.90 Å². The number of benzene rings is 3. The van der Waals surface area contributed by atoms with Gasteiger partial charge in [0.05, 0.1) is 32.9 Å². The molecule has 0 fully saturated rings. The number of nitrogens with zero attached hydrogens (tertiary/aromatic N) is 1. The number of carbonyl (C=O) groups is 2. The third-order valence-electron chi connectivity index (χ3n) is 6.32. The summed E-state index contributed by atoms with van der Waals surface area (Å²) in [6, 6.07) is 21.4. The highest BCUT2D eigenvalue weighted by Crippen LogP contribution is 2.40. The maximum Gasteiger partial charge on any atom is 0.290 e. The molecule has 3 aromatic carbocycles. The number of ketones is 1. The summed E-state index contributed by atoms with van der Waals surface area (Å²) in [6.45, 7) is 0.162. The van der Waals surface area contributed by atoms with Crippen molar-refractivity contribution in [3.8, 4) is 17.2 Å². The number of methoxy groups -OCH3 is 3. The minimum atomic E-state index is -0.736. The van der Waals surface area contributed by atoms with Crippen molar-refractivity contribution in [2.24, 2.45) is 0 Å². The number of amides is 1. The Balaban J connectivity index is 1.67. The van der Waals surface area contributed by atoms with Crippen molar-refractivity contribution in [1.82, 2.24) is 4.90 Å². The summed E-state index contributed by atoms with van der Waals surface area (Å²) < 4.78 is 16.0. The topological polar surface area (TPSA) is 85.3 Å². The molecule has 4 rings (SSSR count). The first-order chi connectivity index (χ1) is 17.5. The van der Waals surface area contributed by atoms with Crippen LogP contribution in [0.4, 0.5) is 0 Å². The number of ether oxygens (including phenoxy) is 3. The average Bonchev–Trinajstić information content (AvgIpc) is 3.17. The molecule has 186 valence electrons. The third kappa shape index (κ3) is 5.05. The second kappa shape index (κ2) is 11.0. The maximum atomic E-state index is 13.4. The summed E-state index contributed by atoms with van der Waals surface area (Å²) in [5.74, 6) is 0.389. The predicted octanol–water partition coefficient (Wildman–Crippen LogP) is 4.81. The molecule has 7 heteroatoms. The lowest BCUT2D eigenvalue weighted by molar-refractivity contribution is -0.130. The first-order valence-electron chi connectivity index (χ1n) is 11.6. The summed E-state index contributed by atoms with van der Waals surface area (Å²) >= 11 is 0. The third-order valence-corrected chi connectivity index (χ3v) is 6.32. The number of aryl methyl sites for hydroxylation is 1. The largest absolute Gasteiger partial charge is 0.503 e. The van der Waals surface area contributed by atoms with E-state index in [0.717, 1.165) is 11.1 Å². The van der Waals surface area contributed by atoms with Crippen LogP contribution >= 0.6 is 0 Å². The van der Waals surface area contributed by atoms with E-state index in [1.54, 1.807) is 45.6 Å². The molecule has 36 heavy (non-hydrogen) atoms. The molecule has 1 amide bonds. The molecule has 1 unspecified atom stereocenters. The zero-order chi connectivity index (χ0) is 25.7. The van der Waals surface area contributed by atoms with Gasteiger partial charge in [-0.15, -0.1) is 0 Å². The van der Waals surface area contributed by atoms with Crippen LogP contribution < -0.4 is 14.2 Å². The summed E-state index contributed by atoms with van der Waals surface area (Å²) in [5, 5.41) is 10.9. The molecular formula is C29H29NO6. The zero-order valence-electron chi connectivity index (χ0n) is 20.6. The van der Waals surface area contributed by atoms with Crippen LogP contribution in [-0.2, 0) is 22.6 Å². The van der Waals surface area contributed by atoms with Gasteiger partial charge in [0, 0.05) is 13.0 Å². The lowest BCUT2D eigenvalue weighted by Gasteiger charge is -2.27. The first-order valence-corrected chi connectivity index (χ1v) is 11.6. The van der Waals surface area contributed by atoms with Crippen LogP contribution in [0, 0.1) is 0 Å². The van der Waals surface area contributed by atoms with Gasteiger partial charge >= 0.3 is 0 Å². The Morgan fingerprint density at radius 2 is 1.56 bits per heavy atom. The van der Waals surface area contributed by atoms with E-state index in [9.17, 15) is 14.7 Å². The van der Waals surface area contributed by atoms with Gasteiger partial charge in [-0.05, 0) is 47.4 Å². The Morgan fingerprint density at radius 1 is 0.861 bits per heavy atom. The van der Waals surface area contributed by atoms with Crippen LogP contribution in [0.3, 0.4) is 0 Å². The molecule has 1 atom stereocenters. The molecule has 3 aromatic rings. The van der Waals surface area contributed by atoms with Crippen molar-refractivity contribution >= 4 is 11.7 Å². The maximum absolute atomic E-state index is 13.4. The number of aliphatic hydroxyl groups excluding tert-OH is 1. The number of Topliss-reactive ketones (excluding diaryl/α,β-unsaturated/α-hetero) is 1. The number of carbonyl (C=O) groups excluding carboxylic acids is 2. The smallest absolute Gasteiger partial charge is 0.290 e. The predicted molar refractivity (Wildman–Crippen MR) is 135 cm³/mol. The fourth-order valence-corrected chi connectivity index (χ4v) is 4.45. The van der Waals surface area contributed by atoms with E-state index in [1.807, 2.05) is 48.5 Å². The highest BCUT2D eigenvalue weighted by Gasteiger charge is 2.43. The van der Waals surface area contributed by atoms with Crippen LogP contribution in [0.25, 0.3) is 0 Å². The highest BCUT2D eigenvalue weighted by molar-refractivity contribution is 6.09. The Bertz CT molecular complexity index is 1270. The number of hydrogen-bond acceptors (Lipinski definition) is 6. The summed E-state index contributed by atoms with van der Waals surface area (Å²) in [4.78, 5) is 28.2.